The Morgan fingerprint density at radius 1 is 1.53 bits per heavy atom. The predicted molar refractivity (Wildman–Crippen MR) is 46.7 cm³/mol. The molecule has 0 radical (unpaired) electrons. The summed E-state index contributed by atoms with van der Waals surface area (Å²) in [4.78, 5) is 9.40. The van der Waals surface area contributed by atoms with E-state index in [4.69, 9.17) is 10.2 Å². The number of aliphatic carboxylic acids is 1. The summed E-state index contributed by atoms with van der Waals surface area (Å²) >= 11 is 0.481. The standard InChI is InChI=1S/C8H7F3O3S/c9-8(10,11)6-4(1-2-15-6)3-5(12)7(13)14/h1-2,5,12H,3H2,(H,13,14). The fourth-order valence-corrected chi connectivity index (χ4v) is 1.85. The summed E-state index contributed by atoms with van der Waals surface area (Å²) in [6.45, 7) is 0. The van der Waals surface area contributed by atoms with Crippen molar-refractivity contribution in [3.05, 3.63) is 21.9 Å². The van der Waals surface area contributed by atoms with Crippen LogP contribution in [0.4, 0.5) is 13.2 Å². The number of hydrogen-bond acceptors (Lipinski definition) is 3. The zero-order chi connectivity index (χ0) is 11.6. The molecule has 15 heavy (non-hydrogen) atoms. The third kappa shape index (κ3) is 2.93. The minimum atomic E-state index is -4.50. The maximum Gasteiger partial charge on any atom is 0.425 e. The van der Waals surface area contributed by atoms with Crippen molar-refractivity contribution in [2.75, 3.05) is 0 Å². The van der Waals surface area contributed by atoms with Crippen molar-refractivity contribution < 1.29 is 28.2 Å². The number of rotatable bonds is 3. The molecule has 0 aliphatic rings. The number of carboxylic acid groups (broad SMARTS) is 1. The molecule has 84 valence electrons. The van der Waals surface area contributed by atoms with Crippen LogP contribution in [0.3, 0.4) is 0 Å². The molecule has 1 heterocycles. The highest BCUT2D eigenvalue weighted by Crippen LogP contribution is 2.36. The molecule has 0 amide bonds. The van der Waals surface area contributed by atoms with Crippen molar-refractivity contribution >= 4 is 17.3 Å². The SMILES string of the molecule is O=C(O)C(O)Cc1ccsc1C(F)(F)F. The van der Waals surface area contributed by atoms with Gasteiger partial charge in [-0.1, -0.05) is 0 Å². The van der Waals surface area contributed by atoms with Gasteiger partial charge in [-0.05, 0) is 17.0 Å². The molecule has 0 fully saturated rings. The van der Waals surface area contributed by atoms with Gasteiger partial charge in [0.1, 0.15) is 4.88 Å². The Morgan fingerprint density at radius 3 is 2.60 bits per heavy atom. The van der Waals surface area contributed by atoms with E-state index in [1.54, 1.807) is 0 Å². The van der Waals surface area contributed by atoms with Gasteiger partial charge in [-0.25, -0.2) is 4.79 Å². The Bertz CT molecular complexity index is 358. The molecule has 1 aromatic heterocycles. The Hall–Kier alpha value is -1.08. The lowest BCUT2D eigenvalue weighted by molar-refractivity contribution is -0.147. The number of halogens is 3. The van der Waals surface area contributed by atoms with Gasteiger partial charge in [0.25, 0.3) is 0 Å². The van der Waals surface area contributed by atoms with Gasteiger partial charge in [0.15, 0.2) is 6.10 Å². The summed E-state index contributed by atoms with van der Waals surface area (Å²) in [5.74, 6) is -1.53. The molecule has 3 nitrogen and oxygen atoms in total. The van der Waals surface area contributed by atoms with E-state index in [9.17, 15) is 18.0 Å². The van der Waals surface area contributed by atoms with Crippen molar-refractivity contribution in [3.8, 4) is 0 Å². The van der Waals surface area contributed by atoms with Crippen LogP contribution in [0.5, 0.6) is 0 Å². The fraction of sp³-hybridized carbons (Fsp3) is 0.375. The lowest BCUT2D eigenvalue weighted by atomic mass is 10.1. The molecule has 7 heteroatoms. The van der Waals surface area contributed by atoms with E-state index in [1.165, 1.54) is 11.4 Å². The van der Waals surface area contributed by atoms with Crippen LogP contribution in [0.25, 0.3) is 0 Å². The first kappa shape index (κ1) is 12.0. The molecular formula is C8H7F3O3S. The van der Waals surface area contributed by atoms with E-state index in [1.807, 2.05) is 0 Å². The average molecular weight is 240 g/mol. The second kappa shape index (κ2) is 4.19. The highest BCUT2D eigenvalue weighted by molar-refractivity contribution is 7.10. The molecule has 2 N–H and O–H groups in total. The normalized spacial score (nSPS) is 13.9. The van der Waals surface area contributed by atoms with Gasteiger partial charge in [0.05, 0.1) is 0 Å². The quantitative estimate of drug-likeness (QED) is 0.846. The molecule has 0 aliphatic heterocycles. The number of aliphatic hydroxyl groups excluding tert-OH is 1. The van der Waals surface area contributed by atoms with Crippen LogP contribution in [-0.2, 0) is 17.4 Å². The number of hydrogen-bond donors (Lipinski definition) is 2. The predicted octanol–water partition coefficient (Wildman–Crippen LogP) is 1.75. The van der Waals surface area contributed by atoms with Crippen LogP contribution in [0, 0.1) is 0 Å². The summed E-state index contributed by atoms with van der Waals surface area (Å²) in [7, 11) is 0. The Balaban J connectivity index is 2.87. The highest BCUT2D eigenvalue weighted by Gasteiger charge is 2.35. The smallest absolute Gasteiger partial charge is 0.425 e. The molecule has 0 saturated carbocycles. The Labute approximate surface area is 86.8 Å². The molecule has 1 rings (SSSR count). The third-order valence-electron chi connectivity index (χ3n) is 1.70. The zero-order valence-corrected chi connectivity index (χ0v) is 8.10. The van der Waals surface area contributed by atoms with Crippen molar-refractivity contribution in [1.82, 2.24) is 0 Å². The maximum absolute atomic E-state index is 12.3. The minimum Gasteiger partial charge on any atom is -0.479 e. The van der Waals surface area contributed by atoms with Gasteiger partial charge in [-0.15, -0.1) is 11.3 Å². The monoisotopic (exact) mass is 240 g/mol. The third-order valence-corrected chi connectivity index (χ3v) is 2.70. The van der Waals surface area contributed by atoms with E-state index < -0.39 is 29.5 Å². The molecule has 0 aliphatic carbocycles. The topological polar surface area (TPSA) is 57.5 Å². The van der Waals surface area contributed by atoms with Crippen LogP contribution in [0.15, 0.2) is 11.4 Å². The molecular weight excluding hydrogens is 233 g/mol. The first-order chi connectivity index (χ1) is 6.82. The number of thiophene rings is 1. The van der Waals surface area contributed by atoms with E-state index in [0.29, 0.717) is 11.3 Å². The van der Waals surface area contributed by atoms with Crippen molar-refractivity contribution in [2.45, 2.75) is 18.7 Å². The number of carbonyl (C=O) groups is 1. The number of carboxylic acids is 1. The second-order valence-corrected chi connectivity index (χ2v) is 3.75. The van der Waals surface area contributed by atoms with E-state index in [0.717, 1.165) is 0 Å². The van der Waals surface area contributed by atoms with Crippen LogP contribution in [0.2, 0.25) is 0 Å². The van der Waals surface area contributed by atoms with Crippen LogP contribution >= 0.6 is 11.3 Å². The van der Waals surface area contributed by atoms with E-state index in [-0.39, 0.29) is 5.56 Å². The van der Waals surface area contributed by atoms with Crippen LogP contribution < -0.4 is 0 Å². The number of aliphatic hydroxyl groups is 1. The largest absolute Gasteiger partial charge is 0.479 e. The van der Waals surface area contributed by atoms with Gasteiger partial charge in [-0.3, -0.25) is 0 Å². The molecule has 1 unspecified atom stereocenters. The summed E-state index contributed by atoms with van der Waals surface area (Å²) in [6.07, 6.45) is -6.84. The molecule has 1 atom stereocenters. The van der Waals surface area contributed by atoms with Gasteiger partial charge in [-0.2, -0.15) is 13.2 Å². The highest BCUT2D eigenvalue weighted by atomic mass is 32.1. The van der Waals surface area contributed by atoms with Crippen LogP contribution in [0.1, 0.15) is 10.4 Å². The van der Waals surface area contributed by atoms with Crippen molar-refractivity contribution in [3.63, 3.8) is 0 Å². The zero-order valence-electron chi connectivity index (χ0n) is 7.28. The fourth-order valence-electron chi connectivity index (χ4n) is 1.04. The van der Waals surface area contributed by atoms with E-state index in [2.05, 4.69) is 0 Å². The average Bonchev–Trinajstić information content (AvgIpc) is 2.50. The van der Waals surface area contributed by atoms with Gasteiger partial charge < -0.3 is 10.2 Å². The first-order valence-electron chi connectivity index (χ1n) is 3.87. The lowest BCUT2D eigenvalue weighted by Gasteiger charge is -2.09. The number of alkyl halides is 3. The summed E-state index contributed by atoms with van der Waals surface area (Å²) in [5, 5.41) is 18.5. The second-order valence-electron chi connectivity index (χ2n) is 2.83. The lowest BCUT2D eigenvalue weighted by Crippen LogP contribution is -2.23. The molecule has 0 saturated heterocycles. The first-order valence-corrected chi connectivity index (χ1v) is 4.74. The van der Waals surface area contributed by atoms with Crippen LogP contribution in [-0.4, -0.2) is 22.3 Å². The summed E-state index contributed by atoms with van der Waals surface area (Å²) in [6, 6.07) is 1.17. The van der Waals surface area contributed by atoms with Crippen molar-refractivity contribution in [1.29, 1.82) is 0 Å². The summed E-state index contributed by atoms with van der Waals surface area (Å²) in [5.41, 5.74) is -0.192. The molecule has 1 aromatic rings. The van der Waals surface area contributed by atoms with Gasteiger partial charge >= 0.3 is 12.1 Å². The maximum atomic E-state index is 12.3. The molecule has 0 aromatic carbocycles. The molecule has 0 spiro atoms. The minimum absolute atomic E-state index is 0.192. The van der Waals surface area contributed by atoms with Gasteiger partial charge in [0, 0.05) is 6.42 Å². The van der Waals surface area contributed by atoms with Crippen molar-refractivity contribution in [2.24, 2.45) is 0 Å². The Morgan fingerprint density at radius 2 is 2.13 bits per heavy atom. The van der Waals surface area contributed by atoms with E-state index >= 15 is 0 Å². The summed E-state index contributed by atoms with van der Waals surface area (Å²) < 4.78 is 36.9. The molecule has 0 bridgehead atoms. The van der Waals surface area contributed by atoms with Gasteiger partial charge in [0.2, 0.25) is 0 Å². The Kier molecular flexibility index (Phi) is 3.35.